The average molecular weight is 319 g/mol. The highest BCUT2D eigenvalue weighted by molar-refractivity contribution is 6.30. The molecule has 1 amide bonds. The lowest BCUT2D eigenvalue weighted by Crippen LogP contribution is -2.52. The van der Waals surface area contributed by atoms with Gasteiger partial charge in [0.25, 0.3) is 0 Å². The fraction of sp³-hybridized carbons (Fsp3) is 0.500. The van der Waals surface area contributed by atoms with Gasteiger partial charge in [0.05, 0.1) is 13.0 Å². The lowest BCUT2D eigenvalue weighted by molar-refractivity contribution is -0.134. The van der Waals surface area contributed by atoms with Gasteiger partial charge in [-0.2, -0.15) is 0 Å². The number of ether oxygens (including phenoxy) is 1. The summed E-state index contributed by atoms with van der Waals surface area (Å²) < 4.78 is 5.54. The van der Waals surface area contributed by atoms with Crippen molar-refractivity contribution in [3.63, 3.8) is 0 Å². The predicted molar refractivity (Wildman–Crippen MR) is 82.9 cm³/mol. The van der Waals surface area contributed by atoms with Gasteiger partial charge >= 0.3 is 0 Å². The second-order valence-electron chi connectivity index (χ2n) is 4.69. The number of amides is 1. The van der Waals surface area contributed by atoms with E-state index in [0.29, 0.717) is 18.1 Å². The molecule has 1 saturated heterocycles. The van der Waals surface area contributed by atoms with Crippen LogP contribution in [0.2, 0.25) is 5.02 Å². The summed E-state index contributed by atoms with van der Waals surface area (Å²) in [4.78, 5) is 14.0. The molecular weight excluding hydrogens is 299 g/mol. The molecule has 1 aromatic carbocycles. The zero-order chi connectivity index (χ0) is 13.7. The maximum atomic E-state index is 12.0. The van der Waals surface area contributed by atoms with Crippen molar-refractivity contribution in [3.8, 4) is 5.75 Å². The number of nitrogens with one attached hydrogen (secondary N) is 1. The molecule has 1 aliphatic rings. The Balaban J connectivity index is 0.00000200. The van der Waals surface area contributed by atoms with E-state index < -0.39 is 0 Å². The van der Waals surface area contributed by atoms with Crippen molar-refractivity contribution in [2.24, 2.45) is 0 Å². The Morgan fingerprint density at radius 3 is 2.80 bits per heavy atom. The Bertz CT molecular complexity index is 426. The number of carbonyl (C=O) groups is 1. The van der Waals surface area contributed by atoms with Gasteiger partial charge in [-0.15, -0.1) is 12.4 Å². The van der Waals surface area contributed by atoms with E-state index in [4.69, 9.17) is 16.3 Å². The molecule has 1 aromatic rings. The minimum absolute atomic E-state index is 0. The van der Waals surface area contributed by atoms with Crippen LogP contribution in [0.15, 0.2) is 24.3 Å². The van der Waals surface area contributed by atoms with Crippen LogP contribution in [0.5, 0.6) is 5.75 Å². The molecule has 1 atom stereocenters. The van der Waals surface area contributed by atoms with Gasteiger partial charge in [0.2, 0.25) is 5.91 Å². The van der Waals surface area contributed by atoms with Crippen LogP contribution in [0.1, 0.15) is 13.3 Å². The van der Waals surface area contributed by atoms with E-state index >= 15 is 0 Å². The largest absolute Gasteiger partial charge is 0.493 e. The van der Waals surface area contributed by atoms with E-state index in [1.165, 1.54) is 0 Å². The quantitative estimate of drug-likeness (QED) is 0.926. The molecule has 0 aliphatic carbocycles. The lowest BCUT2D eigenvalue weighted by atomic mass is 10.2. The molecule has 1 fully saturated rings. The topological polar surface area (TPSA) is 41.6 Å². The molecular formula is C14H20Cl2N2O2. The van der Waals surface area contributed by atoms with Crippen LogP contribution < -0.4 is 10.1 Å². The molecule has 1 N–H and O–H groups in total. The first kappa shape index (κ1) is 17.1. The zero-order valence-electron chi connectivity index (χ0n) is 11.5. The van der Waals surface area contributed by atoms with E-state index in [0.717, 1.165) is 25.4 Å². The molecule has 20 heavy (non-hydrogen) atoms. The summed E-state index contributed by atoms with van der Waals surface area (Å²) in [5.74, 6) is 0.897. The summed E-state index contributed by atoms with van der Waals surface area (Å²) in [5.41, 5.74) is 0. The minimum Gasteiger partial charge on any atom is -0.493 e. The first-order chi connectivity index (χ1) is 9.16. The Hall–Kier alpha value is -0.970. The zero-order valence-corrected chi connectivity index (χ0v) is 13.0. The molecule has 2 rings (SSSR count). The van der Waals surface area contributed by atoms with Crippen molar-refractivity contribution in [1.29, 1.82) is 0 Å². The summed E-state index contributed by atoms with van der Waals surface area (Å²) in [6, 6.07) is 7.42. The second-order valence-corrected chi connectivity index (χ2v) is 5.13. The van der Waals surface area contributed by atoms with Gasteiger partial charge in [-0.25, -0.2) is 0 Å². The molecule has 6 heteroatoms. The Morgan fingerprint density at radius 2 is 2.15 bits per heavy atom. The number of benzene rings is 1. The Kier molecular flexibility index (Phi) is 7.13. The first-order valence-electron chi connectivity index (χ1n) is 6.55. The van der Waals surface area contributed by atoms with E-state index in [1.807, 2.05) is 4.90 Å². The van der Waals surface area contributed by atoms with Crippen molar-refractivity contribution < 1.29 is 9.53 Å². The van der Waals surface area contributed by atoms with Crippen LogP contribution in [0.4, 0.5) is 0 Å². The highest BCUT2D eigenvalue weighted by Crippen LogP contribution is 2.15. The summed E-state index contributed by atoms with van der Waals surface area (Å²) in [6.07, 6.45) is 0.410. The number of rotatable bonds is 4. The molecule has 0 spiro atoms. The van der Waals surface area contributed by atoms with Crippen molar-refractivity contribution in [2.45, 2.75) is 19.4 Å². The summed E-state index contributed by atoms with van der Waals surface area (Å²) in [7, 11) is 0. The first-order valence-corrected chi connectivity index (χ1v) is 6.93. The number of piperazine rings is 1. The fourth-order valence-corrected chi connectivity index (χ4v) is 2.27. The summed E-state index contributed by atoms with van der Waals surface area (Å²) in [5, 5.41) is 3.95. The SMILES string of the molecule is C[C@H]1CNCCN1C(=O)CCOc1ccc(Cl)cc1.Cl. The normalized spacial score (nSPS) is 18.3. The van der Waals surface area contributed by atoms with Crippen molar-refractivity contribution in [2.75, 3.05) is 26.2 Å². The standard InChI is InChI=1S/C14H19ClN2O2.ClH/c1-11-10-16-7-8-17(11)14(18)6-9-19-13-4-2-12(15)3-5-13;/h2-5,11,16H,6-10H2,1H3;1H/t11-;/m0./s1. The van der Waals surface area contributed by atoms with Gasteiger partial charge in [0, 0.05) is 30.7 Å². The summed E-state index contributed by atoms with van der Waals surface area (Å²) >= 11 is 5.79. The van der Waals surface area contributed by atoms with Crippen molar-refractivity contribution in [3.05, 3.63) is 29.3 Å². The highest BCUT2D eigenvalue weighted by Gasteiger charge is 2.22. The smallest absolute Gasteiger partial charge is 0.226 e. The van der Waals surface area contributed by atoms with Gasteiger partial charge in [0.15, 0.2) is 0 Å². The van der Waals surface area contributed by atoms with Crippen LogP contribution in [0.3, 0.4) is 0 Å². The fourth-order valence-electron chi connectivity index (χ4n) is 2.14. The second kappa shape index (κ2) is 8.35. The Labute approximate surface area is 130 Å². The number of nitrogens with zero attached hydrogens (tertiary/aromatic N) is 1. The molecule has 0 unspecified atom stereocenters. The molecule has 0 aromatic heterocycles. The molecule has 0 radical (unpaired) electrons. The number of halogens is 2. The van der Waals surface area contributed by atoms with Gasteiger partial charge in [-0.3, -0.25) is 4.79 Å². The van der Waals surface area contributed by atoms with Crippen LogP contribution in [-0.4, -0.2) is 43.1 Å². The van der Waals surface area contributed by atoms with Crippen LogP contribution in [0.25, 0.3) is 0 Å². The molecule has 0 saturated carbocycles. The van der Waals surface area contributed by atoms with Crippen molar-refractivity contribution >= 4 is 29.9 Å². The molecule has 1 heterocycles. The van der Waals surface area contributed by atoms with Crippen LogP contribution in [-0.2, 0) is 4.79 Å². The van der Waals surface area contributed by atoms with E-state index in [2.05, 4.69) is 12.2 Å². The lowest BCUT2D eigenvalue weighted by Gasteiger charge is -2.34. The van der Waals surface area contributed by atoms with Gasteiger partial charge in [-0.05, 0) is 31.2 Å². The third-order valence-corrected chi connectivity index (χ3v) is 3.47. The number of hydrogen-bond donors (Lipinski definition) is 1. The number of hydrogen-bond acceptors (Lipinski definition) is 3. The van der Waals surface area contributed by atoms with Crippen molar-refractivity contribution in [1.82, 2.24) is 10.2 Å². The van der Waals surface area contributed by atoms with Gasteiger partial charge in [-0.1, -0.05) is 11.6 Å². The van der Waals surface area contributed by atoms with Gasteiger partial charge < -0.3 is 15.0 Å². The third-order valence-electron chi connectivity index (χ3n) is 3.22. The van der Waals surface area contributed by atoms with E-state index in [1.54, 1.807) is 24.3 Å². The monoisotopic (exact) mass is 318 g/mol. The minimum atomic E-state index is 0. The molecule has 4 nitrogen and oxygen atoms in total. The van der Waals surface area contributed by atoms with E-state index in [9.17, 15) is 4.79 Å². The highest BCUT2D eigenvalue weighted by atomic mass is 35.5. The van der Waals surface area contributed by atoms with Crippen LogP contribution >= 0.6 is 24.0 Å². The maximum Gasteiger partial charge on any atom is 0.226 e. The molecule has 112 valence electrons. The van der Waals surface area contributed by atoms with Gasteiger partial charge in [0.1, 0.15) is 5.75 Å². The maximum absolute atomic E-state index is 12.0. The predicted octanol–water partition coefficient (Wildman–Crippen LogP) is 2.35. The summed E-state index contributed by atoms with van der Waals surface area (Å²) in [6.45, 7) is 4.97. The average Bonchev–Trinajstić information content (AvgIpc) is 2.41. The van der Waals surface area contributed by atoms with E-state index in [-0.39, 0.29) is 24.4 Å². The number of carbonyl (C=O) groups excluding carboxylic acids is 1. The third kappa shape index (κ3) is 4.85. The molecule has 0 bridgehead atoms. The Morgan fingerprint density at radius 1 is 1.45 bits per heavy atom. The molecule has 1 aliphatic heterocycles. The van der Waals surface area contributed by atoms with Crippen LogP contribution in [0, 0.1) is 0 Å².